The Morgan fingerprint density at radius 1 is 1.10 bits per heavy atom. The third-order valence-electron chi connectivity index (χ3n) is 3.04. The van der Waals surface area contributed by atoms with Crippen LogP contribution in [0.5, 0.6) is 0 Å². The summed E-state index contributed by atoms with van der Waals surface area (Å²) in [6.07, 6.45) is 0. The first kappa shape index (κ1) is 14.9. The van der Waals surface area contributed by atoms with Crippen molar-refractivity contribution in [1.29, 1.82) is 0 Å². The molecule has 0 aliphatic carbocycles. The molecule has 2 rings (SSSR count). The molecule has 0 atom stereocenters. The van der Waals surface area contributed by atoms with Crippen molar-refractivity contribution in [1.82, 2.24) is 19.9 Å². The van der Waals surface area contributed by atoms with E-state index in [-0.39, 0.29) is 0 Å². The molecule has 0 aliphatic rings. The number of anilines is 1. The van der Waals surface area contributed by atoms with E-state index in [0.29, 0.717) is 0 Å². The largest absolute Gasteiger partial charge is 0.343 e. The second-order valence-electron chi connectivity index (χ2n) is 5.19. The SMILES string of the molecule is Cc1cc(-c2scnc2C)nc(N(C)CCN(C)C)n1. The molecule has 0 bridgehead atoms. The van der Waals surface area contributed by atoms with Crippen LogP contribution < -0.4 is 4.90 Å². The lowest BCUT2D eigenvalue weighted by Crippen LogP contribution is -2.29. The number of hydrogen-bond acceptors (Lipinski definition) is 6. The van der Waals surface area contributed by atoms with Gasteiger partial charge >= 0.3 is 0 Å². The summed E-state index contributed by atoms with van der Waals surface area (Å²) in [6.45, 7) is 5.89. The minimum Gasteiger partial charge on any atom is -0.343 e. The molecule has 2 aromatic rings. The summed E-state index contributed by atoms with van der Waals surface area (Å²) in [6, 6.07) is 2.02. The van der Waals surface area contributed by atoms with Gasteiger partial charge in [0.25, 0.3) is 0 Å². The van der Waals surface area contributed by atoms with Gasteiger partial charge in [0.2, 0.25) is 5.95 Å². The molecule has 2 heterocycles. The fourth-order valence-corrected chi connectivity index (χ4v) is 2.60. The van der Waals surface area contributed by atoms with E-state index in [1.54, 1.807) is 11.3 Å². The predicted molar refractivity (Wildman–Crippen MR) is 84.4 cm³/mol. The minimum atomic E-state index is 0.773. The molecule has 6 heteroatoms. The van der Waals surface area contributed by atoms with Crippen LogP contribution in [0.1, 0.15) is 11.4 Å². The van der Waals surface area contributed by atoms with Crippen molar-refractivity contribution >= 4 is 17.3 Å². The summed E-state index contributed by atoms with van der Waals surface area (Å²) in [5.74, 6) is 0.773. The Kier molecular flexibility index (Phi) is 4.67. The summed E-state index contributed by atoms with van der Waals surface area (Å²) in [5, 5.41) is 0. The molecule has 0 unspecified atom stereocenters. The Labute approximate surface area is 124 Å². The van der Waals surface area contributed by atoms with E-state index in [4.69, 9.17) is 0 Å². The Morgan fingerprint density at radius 2 is 1.85 bits per heavy atom. The van der Waals surface area contributed by atoms with E-state index in [2.05, 4.69) is 38.8 Å². The van der Waals surface area contributed by atoms with Crippen molar-refractivity contribution in [2.24, 2.45) is 0 Å². The zero-order chi connectivity index (χ0) is 14.7. The predicted octanol–water partition coefficient (Wildman–Crippen LogP) is 2.21. The summed E-state index contributed by atoms with van der Waals surface area (Å²) < 4.78 is 0. The number of hydrogen-bond donors (Lipinski definition) is 0. The third kappa shape index (κ3) is 3.52. The Morgan fingerprint density at radius 3 is 2.45 bits per heavy atom. The van der Waals surface area contributed by atoms with Crippen molar-refractivity contribution < 1.29 is 0 Å². The summed E-state index contributed by atoms with van der Waals surface area (Å²) in [7, 11) is 6.16. The third-order valence-corrected chi connectivity index (χ3v) is 4.00. The zero-order valence-electron chi connectivity index (χ0n) is 12.7. The molecular weight excluding hydrogens is 270 g/mol. The highest BCUT2D eigenvalue weighted by Crippen LogP contribution is 2.27. The van der Waals surface area contributed by atoms with Gasteiger partial charge in [0, 0.05) is 25.8 Å². The van der Waals surface area contributed by atoms with Crippen molar-refractivity contribution in [2.45, 2.75) is 13.8 Å². The highest BCUT2D eigenvalue weighted by molar-refractivity contribution is 7.13. The molecule has 0 saturated heterocycles. The van der Waals surface area contributed by atoms with Crippen molar-refractivity contribution in [3.63, 3.8) is 0 Å². The molecule has 20 heavy (non-hydrogen) atoms. The first-order chi connectivity index (χ1) is 9.47. The van der Waals surface area contributed by atoms with Crippen LogP contribution in [0.25, 0.3) is 10.6 Å². The standard InChI is InChI=1S/C14H21N5S/c1-10-8-12(13-11(2)15-9-20-13)17-14(16-10)19(5)7-6-18(3)4/h8-9H,6-7H2,1-5H3. The first-order valence-electron chi connectivity index (χ1n) is 6.59. The number of nitrogens with zero attached hydrogens (tertiary/aromatic N) is 5. The lowest BCUT2D eigenvalue weighted by molar-refractivity contribution is 0.415. The summed E-state index contributed by atoms with van der Waals surface area (Å²) >= 11 is 1.62. The van der Waals surface area contributed by atoms with Gasteiger partial charge in [-0.1, -0.05) is 0 Å². The van der Waals surface area contributed by atoms with Crippen LogP contribution in [0.2, 0.25) is 0 Å². The fraction of sp³-hybridized carbons (Fsp3) is 0.500. The molecule has 0 N–H and O–H groups in total. The van der Waals surface area contributed by atoms with Gasteiger partial charge in [-0.15, -0.1) is 11.3 Å². The second kappa shape index (κ2) is 6.28. The Hall–Kier alpha value is -1.53. The number of aryl methyl sites for hydroxylation is 2. The zero-order valence-corrected chi connectivity index (χ0v) is 13.5. The van der Waals surface area contributed by atoms with E-state index in [1.807, 2.05) is 32.5 Å². The molecular formula is C14H21N5S. The molecule has 0 aliphatic heterocycles. The normalized spacial score (nSPS) is 11.1. The number of thiazole rings is 1. The summed E-state index contributed by atoms with van der Waals surface area (Å²) in [5.41, 5.74) is 4.83. The van der Waals surface area contributed by atoms with Gasteiger partial charge in [-0.2, -0.15) is 0 Å². The maximum atomic E-state index is 4.68. The van der Waals surface area contributed by atoms with Gasteiger partial charge in [0.05, 0.1) is 21.8 Å². The van der Waals surface area contributed by atoms with E-state index in [1.165, 1.54) is 0 Å². The molecule has 0 radical (unpaired) electrons. The van der Waals surface area contributed by atoms with Crippen molar-refractivity contribution in [2.75, 3.05) is 39.1 Å². The molecule has 5 nitrogen and oxygen atoms in total. The van der Waals surface area contributed by atoms with Crippen LogP contribution in [0.15, 0.2) is 11.6 Å². The van der Waals surface area contributed by atoms with Crippen LogP contribution in [-0.4, -0.2) is 54.1 Å². The second-order valence-corrected chi connectivity index (χ2v) is 6.04. The molecule has 0 fully saturated rings. The van der Waals surface area contributed by atoms with Gasteiger partial charge in [0.15, 0.2) is 0 Å². The van der Waals surface area contributed by atoms with Gasteiger partial charge in [-0.3, -0.25) is 0 Å². The number of rotatable bonds is 5. The van der Waals surface area contributed by atoms with Crippen molar-refractivity contribution in [3.05, 3.63) is 23.0 Å². The van der Waals surface area contributed by atoms with Crippen LogP contribution >= 0.6 is 11.3 Å². The molecule has 0 amide bonds. The van der Waals surface area contributed by atoms with Gasteiger partial charge in [-0.05, 0) is 34.0 Å². The van der Waals surface area contributed by atoms with Gasteiger partial charge in [-0.25, -0.2) is 15.0 Å². The Bertz CT molecular complexity index is 579. The van der Waals surface area contributed by atoms with Crippen molar-refractivity contribution in [3.8, 4) is 10.6 Å². The molecule has 108 valence electrons. The highest BCUT2D eigenvalue weighted by Gasteiger charge is 2.12. The van der Waals surface area contributed by atoms with E-state index < -0.39 is 0 Å². The van der Waals surface area contributed by atoms with Crippen LogP contribution in [-0.2, 0) is 0 Å². The maximum absolute atomic E-state index is 4.68. The average molecular weight is 291 g/mol. The van der Waals surface area contributed by atoms with E-state index in [0.717, 1.165) is 41.0 Å². The smallest absolute Gasteiger partial charge is 0.225 e. The van der Waals surface area contributed by atoms with E-state index in [9.17, 15) is 0 Å². The molecule has 2 aromatic heterocycles. The monoisotopic (exact) mass is 291 g/mol. The maximum Gasteiger partial charge on any atom is 0.225 e. The van der Waals surface area contributed by atoms with Crippen LogP contribution in [0.4, 0.5) is 5.95 Å². The fourth-order valence-electron chi connectivity index (χ4n) is 1.84. The van der Waals surface area contributed by atoms with Gasteiger partial charge in [0.1, 0.15) is 0 Å². The molecule has 0 saturated carbocycles. The highest BCUT2D eigenvalue weighted by atomic mass is 32.1. The first-order valence-corrected chi connectivity index (χ1v) is 7.47. The van der Waals surface area contributed by atoms with Crippen LogP contribution in [0, 0.1) is 13.8 Å². The number of likely N-dealkylation sites (N-methyl/N-ethyl adjacent to an activating group) is 2. The topological polar surface area (TPSA) is 45.2 Å². The minimum absolute atomic E-state index is 0.773. The lowest BCUT2D eigenvalue weighted by atomic mass is 10.2. The Balaban J connectivity index is 2.27. The molecule has 0 spiro atoms. The average Bonchev–Trinajstić information content (AvgIpc) is 2.81. The number of aromatic nitrogens is 3. The van der Waals surface area contributed by atoms with E-state index >= 15 is 0 Å². The van der Waals surface area contributed by atoms with Crippen LogP contribution in [0.3, 0.4) is 0 Å². The molecule has 0 aromatic carbocycles. The quantitative estimate of drug-likeness (QED) is 0.845. The summed E-state index contributed by atoms with van der Waals surface area (Å²) in [4.78, 5) is 18.9. The lowest BCUT2D eigenvalue weighted by Gasteiger charge is -2.20. The van der Waals surface area contributed by atoms with Gasteiger partial charge < -0.3 is 9.80 Å².